The second-order valence-electron chi connectivity index (χ2n) is 3.86. The van der Waals surface area contributed by atoms with Gasteiger partial charge in [-0.15, -0.1) is 0 Å². The first-order valence-corrected chi connectivity index (χ1v) is 5.50. The summed E-state index contributed by atoms with van der Waals surface area (Å²) < 4.78 is 0. The monoisotopic (exact) mass is 235 g/mol. The summed E-state index contributed by atoms with van der Waals surface area (Å²) in [5, 5.41) is 8.49. The van der Waals surface area contributed by atoms with E-state index in [1.165, 1.54) is 6.08 Å². The van der Waals surface area contributed by atoms with Crippen molar-refractivity contribution in [2.75, 3.05) is 11.9 Å². The second kappa shape index (κ2) is 5.98. The third-order valence-electron chi connectivity index (χ3n) is 2.64. The van der Waals surface area contributed by atoms with Crippen molar-refractivity contribution in [2.45, 2.75) is 26.3 Å². The van der Waals surface area contributed by atoms with E-state index in [0.717, 1.165) is 12.5 Å². The molecule has 5 heteroatoms. The van der Waals surface area contributed by atoms with Crippen LogP contribution in [0.4, 0.5) is 5.95 Å². The van der Waals surface area contributed by atoms with Crippen molar-refractivity contribution in [1.29, 1.82) is 0 Å². The lowest BCUT2D eigenvalue weighted by atomic mass is 10.2. The van der Waals surface area contributed by atoms with Gasteiger partial charge in [0, 0.05) is 37.1 Å². The van der Waals surface area contributed by atoms with E-state index in [1.807, 2.05) is 11.9 Å². The molecule has 0 aromatic carbocycles. The molecule has 0 aliphatic heterocycles. The molecule has 0 saturated heterocycles. The maximum Gasteiger partial charge on any atom is 0.328 e. The van der Waals surface area contributed by atoms with Crippen LogP contribution in [0.15, 0.2) is 18.5 Å². The quantitative estimate of drug-likeness (QED) is 0.788. The molecular formula is C12H17N3O2. The molecule has 0 radical (unpaired) electrons. The number of hydrogen-bond donors (Lipinski definition) is 1. The zero-order valence-electron chi connectivity index (χ0n) is 10.3. The highest BCUT2D eigenvalue weighted by atomic mass is 16.4. The molecule has 1 rings (SSSR count). The van der Waals surface area contributed by atoms with Crippen molar-refractivity contribution < 1.29 is 9.90 Å². The maximum absolute atomic E-state index is 10.3. The van der Waals surface area contributed by atoms with Crippen LogP contribution in [-0.4, -0.2) is 34.1 Å². The first-order chi connectivity index (χ1) is 8.04. The Morgan fingerprint density at radius 3 is 2.59 bits per heavy atom. The van der Waals surface area contributed by atoms with E-state index in [0.29, 0.717) is 17.6 Å². The number of aromatic nitrogens is 2. The predicted octanol–water partition coefficient (Wildman–Crippen LogP) is 1.81. The molecule has 0 bridgehead atoms. The van der Waals surface area contributed by atoms with Crippen LogP contribution in [0.3, 0.4) is 0 Å². The van der Waals surface area contributed by atoms with Gasteiger partial charge in [0.1, 0.15) is 0 Å². The van der Waals surface area contributed by atoms with E-state index >= 15 is 0 Å². The fraction of sp³-hybridized carbons (Fsp3) is 0.417. The lowest BCUT2D eigenvalue weighted by Crippen LogP contribution is -2.29. The minimum absolute atomic E-state index is 0.371. The van der Waals surface area contributed by atoms with E-state index in [9.17, 15) is 4.79 Å². The number of carboxylic acids is 1. The summed E-state index contributed by atoms with van der Waals surface area (Å²) in [4.78, 5) is 20.7. The molecule has 1 N–H and O–H groups in total. The lowest BCUT2D eigenvalue weighted by molar-refractivity contribution is -0.131. The fourth-order valence-corrected chi connectivity index (χ4v) is 1.24. The number of rotatable bonds is 5. The molecule has 17 heavy (non-hydrogen) atoms. The molecule has 1 unspecified atom stereocenters. The predicted molar refractivity (Wildman–Crippen MR) is 66.9 cm³/mol. The van der Waals surface area contributed by atoms with Gasteiger partial charge in [0.25, 0.3) is 0 Å². The van der Waals surface area contributed by atoms with E-state index in [4.69, 9.17) is 5.11 Å². The summed E-state index contributed by atoms with van der Waals surface area (Å²) in [7, 11) is 1.94. The van der Waals surface area contributed by atoms with Crippen molar-refractivity contribution in [2.24, 2.45) is 0 Å². The normalized spacial score (nSPS) is 12.6. The van der Waals surface area contributed by atoms with E-state index in [1.54, 1.807) is 12.4 Å². The molecule has 0 aliphatic rings. The highest BCUT2D eigenvalue weighted by Crippen LogP contribution is 2.11. The minimum atomic E-state index is -0.981. The first-order valence-electron chi connectivity index (χ1n) is 5.50. The van der Waals surface area contributed by atoms with Gasteiger partial charge < -0.3 is 10.0 Å². The average molecular weight is 235 g/mol. The zero-order chi connectivity index (χ0) is 12.8. The SMILES string of the molecule is CCC(C)N(C)c1ncc(/C=C/C(=O)O)cn1. The van der Waals surface area contributed by atoms with Crippen LogP contribution in [0.2, 0.25) is 0 Å². The van der Waals surface area contributed by atoms with E-state index in [2.05, 4.69) is 23.8 Å². The third-order valence-corrected chi connectivity index (χ3v) is 2.64. The van der Waals surface area contributed by atoms with Gasteiger partial charge in [-0.25, -0.2) is 14.8 Å². The lowest BCUT2D eigenvalue weighted by Gasteiger charge is -2.23. The van der Waals surface area contributed by atoms with Gasteiger partial charge >= 0.3 is 5.97 Å². The van der Waals surface area contributed by atoms with Gasteiger partial charge in [-0.1, -0.05) is 6.92 Å². The van der Waals surface area contributed by atoms with Gasteiger partial charge in [0.15, 0.2) is 0 Å². The van der Waals surface area contributed by atoms with Crippen LogP contribution < -0.4 is 4.90 Å². The highest BCUT2D eigenvalue weighted by molar-refractivity contribution is 5.85. The Kier molecular flexibility index (Phi) is 4.63. The highest BCUT2D eigenvalue weighted by Gasteiger charge is 2.09. The summed E-state index contributed by atoms with van der Waals surface area (Å²) in [6.07, 6.45) is 6.77. The smallest absolute Gasteiger partial charge is 0.328 e. The second-order valence-corrected chi connectivity index (χ2v) is 3.86. The van der Waals surface area contributed by atoms with Crippen molar-refractivity contribution in [1.82, 2.24) is 9.97 Å². The van der Waals surface area contributed by atoms with Crippen LogP contribution in [0.1, 0.15) is 25.8 Å². The Morgan fingerprint density at radius 1 is 1.53 bits per heavy atom. The summed E-state index contributed by atoms with van der Waals surface area (Å²) >= 11 is 0. The van der Waals surface area contributed by atoms with Crippen LogP contribution in [0.5, 0.6) is 0 Å². The van der Waals surface area contributed by atoms with Gasteiger partial charge in [-0.05, 0) is 19.4 Å². The molecule has 1 aromatic heterocycles. The Labute approximate surface area is 101 Å². The number of carbonyl (C=O) groups is 1. The fourth-order valence-electron chi connectivity index (χ4n) is 1.24. The summed E-state index contributed by atoms with van der Waals surface area (Å²) in [5.74, 6) is -0.336. The Hall–Kier alpha value is -1.91. The molecule has 0 saturated carbocycles. The minimum Gasteiger partial charge on any atom is -0.478 e. The first kappa shape index (κ1) is 13.2. The molecule has 0 aliphatic carbocycles. The van der Waals surface area contributed by atoms with Crippen LogP contribution in [-0.2, 0) is 4.79 Å². The molecule has 1 aromatic rings. The molecule has 0 amide bonds. The molecule has 92 valence electrons. The van der Waals surface area contributed by atoms with Crippen molar-refractivity contribution in [3.63, 3.8) is 0 Å². The van der Waals surface area contributed by atoms with Gasteiger partial charge in [-0.3, -0.25) is 0 Å². The molecule has 0 spiro atoms. The standard InChI is InChI=1S/C12H17N3O2/c1-4-9(2)15(3)12-13-7-10(8-14-12)5-6-11(16)17/h5-9H,4H2,1-3H3,(H,16,17)/b6-5+. The molecule has 5 nitrogen and oxygen atoms in total. The van der Waals surface area contributed by atoms with Gasteiger partial charge in [0.2, 0.25) is 5.95 Å². The van der Waals surface area contributed by atoms with Crippen molar-refractivity contribution in [3.05, 3.63) is 24.0 Å². The molecule has 1 atom stereocenters. The summed E-state index contributed by atoms with van der Waals surface area (Å²) in [6.45, 7) is 4.20. The zero-order valence-corrected chi connectivity index (χ0v) is 10.3. The van der Waals surface area contributed by atoms with Crippen LogP contribution in [0, 0.1) is 0 Å². The maximum atomic E-state index is 10.3. The van der Waals surface area contributed by atoms with E-state index in [-0.39, 0.29) is 0 Å². The molecular weight excluding hydrogens is 218 g/mol. The summed E-state index contributed by atoms with van der Waals surface area (Å²) in [6, 6.07) is 0.371. The topological polar surface area (TPSA) is 66.3 Å². The Bertz CT molecular complexity index is 401. The van der Waals surface area contributed by atoms with Crippen molar-refractivity contribution in [3.8, 4) is 0 Å². The van der Waals surface area contributed by atoms with Crippen LogP contribution >= 0.6 is 0 Å². The summed E-state index contributed by atoms with van der Waals surface area (Å²) in [5.41, 5.74) is 0.675. The number of nitrogens with zero attached hydrogens (tertiary/aromatic N) is 3. The van der Waals surface area contributed by atoms with Crippen LogP contribution in [0.25, 0.3) is 6.08 Å². The van der Waals surface area contributed by atoms with E-state index < -0.39 is 5.97 Å². The number of carboxylic acid groups (broad SMARTS) is 1. The molecule has 1 heterocycles. The van der Waals surface area contributed by atoms with Crippen molar-refractivity contribution >= 4 is 18.0 Å². The number of hydrogen-bond acceptors (Lipinski definition) is 4. The Morgan fingerprint density at radius 2 is 2.12 bits per heavy atom. The average Bonchev–Trinajstić information content (AvgIpc) is 2.35. The third kappa shape index (κ3) is 3.86. The van der Waals surface area contributed by atoms with Gasteiger partial charge in [0.05, 0.1) is 0 Å². The largest absolute Gasteiger partial charge is 0.478 e. The number of aliphatic carboxylic acids is 1. The molecule has 0 fully saturated rings. The number of anilines is 1. The van der Waals surface area contributed by atoms with Gasteiger partial charge in [-0.2, -0.15) is 0 Å². The Balaban J connectivity index is 2.77.